The van der Waals surface area contributed by atoms with Crippen molar-refractivity contribution < 1.29 is 9.84 Å². The molecule has 0 amide bonds. The Morgan fingerprint density at radius 1 is 1.11 bits per heavy atom. The Bertz CT molecular complexity index is 1040. The molecule has 0 saturated heterocycles. The summed E-state index contributed by atoms with van der Waals surface area (Å²) in [5, 5.41) is 14.2. The topological polar surface area (TPSA) is 41.5 Å². The molecule has 0 bridgehead atoms. The molecule has 0 radical (unpaired) electrons. The van der Waals surface area contributed by atoms with Gasteiger partial charge in [0, 0.05) is 28.3 Å². The maximum Gasteiger partial charge on any atom is 0.135 e. The van der Waals surface area contributed by atoms with E-state index in [0.717, 1.165) is 35.4 Å². The predicted octanol–water partition coefficient (Wildman–Crippen LogP) is 6.72. The van der Waals surface area contributed by atoms with Crippen LogP contribution in [0.1, 0.15) is 50.8 Å². The van der Waals surface area contributed by atoms with Gasteiger partial charge < -0.3 is 15.2 Å². The highest BCUT2D eigenvalue weighted by molar-refractivity contribution is 6.35. The molecule has 0 aromatic heterocycles. The molecule has 2 N–H and O–H groups in total. The Morgan fingerprint density at radius 2 is 1.86 bits per heavy atom. The summed E-state index contributed by atoms with van der Waals surface area (Å²) in [6.07, 6.45) is 8.74. The first-order chi connectivity index (χ1) is 13.4. The van der Waals surface area contributed by atoms with Gasteiger partial charge in [-0.25, -0.2) is 0 Å². The van der Waals surface area contributed by atoms with E-state index in [0.29, 0.717) is 10.9 Å². The van der Waals surface area contributed by atoms with Gasteiger partial charge in [0.2, 0.25) is 0 Å². The molecule has 0 unspecified atom stereocenters. The lowest BCUT2D eigenvalue weighted by molar-refractivity contribution is 0.137. The minimum Gasteiger partial charge on any atom is -0.506 e. The van der Waals surface area contributed by atoms with Crippen molar-refractivity contribution in [2.75, 3.05) is 5.32 Å². The molecule has 144 valence electrons. The van der Waals surface area contributed by atoms with Crippen LogP contribution in [0.5, 0.6) is 11.5 Å². The maximum absolute atomic E-state index is 10.2. The van der Waals surface area contributed by atoms with E-state index in [1.54, 1.807) is 6.07 Å². The highest BCUT2D eigenvalue weighted by Gasteiger charge is 2.38. The largest absolute Gasteiger partial charge is 0.506 e. The third kappa shape index (κ3) is 2.56. The Morgan fingerprint density at radius 3 is 2.61 bits per heavy atom. The number of anilines is 1. The van der Waals surface area contributed by atoms with Crippen LogP contribution in [0.25, 0.3) is 16.7 Å². The number of fused-ring (bicyclic) bond motifs is 5. The first-order valence-corrected chi connectivity index (χ1v) is 10.2. The minimum absolute atomic E-state index is 0.0422. The summed E-state index contributed by atoms with van der Waals surface area (Å²) >= 11 is 6.54. The molecular weight excluding hydrogens is 370 g/mol. The third-order valence-corrected chi connectivity index (χ3v) is 6.42. The van der Waals surface area contributed by atoms with Crippen LogP contribution in [0.4, 0.5) is 5.69 Å². The van der Waals surface area contributed by atoms with Crippen LogP contribution in [0, 0.1) is 5.92 Å². The number of nitrogens with one attached hydrogen (secondary N) is 1. The summed E-state index contributed by atoms with van der Waals surface area (Å²) in [4.78, 5) is 0. The number of allylic oxidation sites excluding steroid dienone is 3. The fourth-order valence-corrected chi connectivity index (χ4v) is 5.23. The molecule has 2 aromatic carbocycles. The van der Waals surface area contributed by atoms with Gasteiger partial charge in [-0.3, -0.25) is 0 Å². The maximum atomic E-state index is 10.2. The van der Waals surface area contributed by atoms with Gasteiger partial charge >= 0.3 is 0 Å². The van der Waals surface area contributed by atoms with E-state index in [1.165, 1.54) is 16.7 Å². The summed E-state index contributed by atoms with van der Waals surface area (Å²) in [7, 11) is 0. The zero-order valence-electron chi connectivity index (χ0n) is 16.3. The van der Waals surface area contributed by atoms with Gasteiger partial charge in [0.25, 0.3) is 0 Å². The Kier molecular flexibility index (Phi) is 3.82. The Labute approximate surface area is 170 Å². The average Bonchev–Trinajstić information content (AvgIpc) is 3.16. The molecular formula is C24H24ClNO2. The van der Waals surface area contributed by atoms with E-state index in [2.05, 4.69) is 56.4 Å². The van der Waals surface area contributed by atoms with Gasteiger partial charge in [-0.05, 0) is 62.9 Å². The van der Waals surface area contributed by atoms with E-state index >= 15 is 0 Å². The molecule has 0 spiro atoms. The fraction of sp³-hybridized carbons (Fsp3) is 0.333. The molecule has 0 saturated carbocycles. The van der Waals surface area contributed by atoms with Crippen molar-refractivity contribution >= 4 is 22.9 Å². The highest BCUT2D eigenvalue weighted by atomic mass is 35.5. The molecule has 1 aliphatic carbocycles. The lowest BCUT2D eigenvalue weighted by Gasteiger charge is -2.39. The second-order valence-electron chi connectivity index (χ2n) is 8.64. The third-order valence-electron chi connectivity index (χ3n) is 6.04. The number of rotatable bonds is 1. The lowest BCUT2D eigenvalue weighted by Crippen LogP contribution is -2.33. The second kappa shape index (κ2) is 6.05. The molecule has 2 aromatic rings. The van der Waals surface area contributed by atoms with Gasteiger partial charge in [0.15, 0.2) is 0 Å². The van der Waals surface area contributed by atoms with E-state index in [1.807, 2.05) is 6.07 Å². The molecule has 1 atom stereocenters. The number of hydrogen-bond acceptors (Lipinski definition) is 3. The summed E-state index contributed by atoms with van der Waals surface area (Å²) in [6.45, 7) is 6.53. The Hall–Kier alpha value is -2.39. The molecule has 3 aliphatic rings. The number of hydrogen-bond donors (Lipinski definition) is 2. The van der Waals surface area contributed by atoms with Crippen molar-refractivity contribution in [3.63, 3.8) is 0 Å². The van der Waals surface area contributed by atoms with Gasteiger partial charge in [0.05, 0.1) is 10.6 Å². The van der Waals surface area contributed by atoms with Crippen molar-refractivity contribution in [1.29, 1.82) is 0 Å². The molecule has 3 nitrogen and oxygen atoms in total. The van der Waals surface area contributed by atoms with Gasteiger partial charge in [-0.15, -0.1) is 0 Å². The molecule has 0 fully saturated rings. The number of benzene rings is 2. The SMILES string of the molecule is CC1=CC(C)(C)Nc2ccc3c(c21)[C@@H](C1CC=CC1)Oc1ccc(O)c(Cl)c1-3. The Balaban J connectivity index is 1.80. The number of ether oxygens (including phenoxy) is 1. The van der Waals surface area contributed by atoms with Crippen molar-refractivity contribution in [3.8, 4) is 22.6 Å². The zero-order chi connectivity index (χ0) is 19.6. The molecule has 2 heterocycles. The van der Waals surface area contributed by atoms with Crippen LogP contribution in [0.15, 0.2) is 42.5 Å². The molecule has 5 rings (SSSR count). The first kappa shape index (κ1) is 17.7. The van der Waals surface area contributed by atoms with Crippen LogP contribution < -0.4 is 10.1 Å². The fourth-order valence-electron chi connectivity index (χ4n) is 4.97. The van der Waals surface area contributed by atoms with Crippen molar-refractivity contribution in [3.05, 3.63) is 58.6 Å². The quantitative estimate of drug-likeness (QED) is 0.528. The van der Waals surface area contributed by atoms with Crippen LogP contribution >= 0.6 is 11.6 Å². The summed E-state index contributed by atoms with van der Waals surface area (Å²) in [5.74, 6) is 1.23. The summed E-state index contributed by atoms with van der Waals surface area (Å²) in [6, 6.07) is 7.70. The minimum atomic E-state index is -0.0981. The molecule has 28 heavy (non-hydrogen) atoms. The average molecular weight is 394 g/mol. The summed E-state index contributed by atoms with van der Waals surface area (Å²) < 4.78 is 6.55. The van der Waals surface area contributed by atoms with E-state index < -0.39 is 0 Å². The number of phenolic OH excluding ortho intramolecular Hbond substituents is 1. The molecule has 2 aliphatic heterocycles. The molecule has 4 heteroatoms. The van der Waals surface area contributed by atoms with Gasteiger partial charge in [0.1, 0.15) is 17.6 Å². The van der Waals surface area contributed by atoms with Crippen molar-refractivity contribution in [2.45, 2.75) is 45.3 Å². The standard InChI is InChI=1S/C24H24ClNO2/c1-13-12-24(2,3)26-16-9-8-15-20-18(11-10-17(27)22(20)25)28-23(21(15)19(13)16)14-6-4-5-7-14/h4-5,8-12,14,23,26-27H,6-7H2,1-3H3/t23-/m1/s1. The predicted molar refractivity (Wildman–Crippen MR) is 115 cm³/mol. The normalized spacial score (nSPS) is 21.9. The van der Waals surface area contributed by atoms with Crippen molar-refractivity contribution in [2.24, 2.45) is 5.92 Å². The van der Waals surface area contributed by atoms with Gasteiger partial charge in [-0.2, -0.15) is 0 Å². The first-order valence-electron chi connectivity index (χ1n) is 9.84. The van der Waals surface area contributed by atoms with E-state index in [9.17, 15) is 5.11 Å². The van der Waals surface area contributed by atoms with E-state index in [-0.39, 0.29) is 17.4 Å². The number of phenols is 1. The van der Waals surface area contributed by atoms with Crippen molar-refractivity contribution in [1.82, 2.24) is 0 Å². The van der Waals surface area contributed by atoms with Crippen LogP contribution in [0.3, 0.4) is 0 Å². The van der Waals surface area contributed by atoms with Crippen LogP contribution in [-0.2, 0) is 0 Å². The van der Waals surface area contributed by atoms with Gasteiger partial charge in [-0.1, -0.05) is 35.9 Å². The van der Waals surface area contributed by atoms with E-state index in [4.69, 9.17) is 16.3 Å². The smallest absolute Gasteiger partial charge is 0.135 e. The number of halogens is 1. The van der Waals surface area contributed by atoms with Crippen LogP contribution in [0.2, 0.25) is 5.02 Å². The zero-order valence-corrected chi connectivity index (χ0v) is 17.1. The van der Waals surface area contributed by atoms with Crippen LogP contribution in [-0.4, -0.2) is 10.6 Å². The second-order valence-corrected chi connectivity index (χ2v) is 9.01. The monoisotopic (exact) mass is 393 g/mol. The lowest BCUT2D eigenvalue weighted by atomic mass is 9.78. The summed E-state index contributed by atoms with van der Waals surface area (Å²) in [5.41, 5.74) is 6.52. The number of aromatic hydroxyl groups is 1. The highest BCUT2D eigenvalue weighted by Crippen LogP contribution is 2.55.